The molecular formula is C20H16N4O4. The Balaban J connectivity index is 1.43. The summed E-state index contributed by atoms with van der Waals surface area (Å²) in [4.78, 5) is 27.0. The number of aromatic nitrogens is 2. The molecule has 5 rings (SSSR count). The van der Waals surface area contributed by atoms with Crippen molar-refractivity contribution in [1.82, 2.24) is 20.4 Å². The molecule has 3 heterocycles. The van der Waals surface area contributed by atoms with Crippen molar-refractivity contribution in [3.05, 3.63) is 66.1 Å². The first-order valence-corrected chi connectivity index (χ1v) is 8.92. The van der Waals surface area contributed by atoms with Crippen LogP contribution in [0, 0.1) is 0 Å². The summed E-state index contributed by atoms with van der Waals surface area (Å²) in [5.41, 5.74) is 0.319. The minimum atomic E-state index is -1.12. The fraction of sp³-hybridized carbons (Fsp3) is 0.200. The van der Waals surface area contributed by atoms with Gasteiger partial charge in [-0.1, -0.05) is 36.4 Å². The number of fused-ring (bicyclic) bond motifs is 2. The van der Waals surface area contributed by atoms with Crippen LogP contribution in [0.4, 0.5) is 4.79 Å². The highest BCUT2D eigenvalue weighted by Crippen LogP contribution is 2.41. The fourth-order valence-corrected chi connectivity index (χ4v) is 3.67. The molecule has 1 atom stereocenters. The molecule has 3 aromatic rings. The molecule has 1 fully saturated rings. The molecule has 0 unspecified atom stereocenters. The van der Waals surface area contributed by atoms with Crippen LogP contribution in [0.15, 0.2) is 59.0 Å². The largest absolute Gasteiger partial charge is 0.493 e. The fourth-order valence-electron chi connectivity index (χ4n) is 3.67. The lowest BCUT2D eigenvalue weighted by Crippen LogP contribution is -2.47. The van der Waals surface area contributed by atoms with Gasteiger partial charge in [0.15, 0.2) is 5.54 Å². The van der Waals surface area contributed by atoms with Gasteiger partial charge in [0, 0.05) is 17.5 Å². The van der Waals surface area contributed by atoms with Crippen LogP contribution in [-0.4, -0.2) is 33.6 Å². The molecule has 3 amide bonds. The van der Waals surface area contributed by atoms with Gasteiger partial charge in [-0.05, 0) is 18.2 Å². The smallest absolute Gasteiger partial charge is 0.325 e. The van der Waals surface area contributed by atoms with Crippen molar-refractivity contribution in [3.8, 4) is 17.2 Å². The number of para-hydroxylation sites is 1. The lowest BCUT2D eigenvalue weighted by Gasteiger charge is -2.33. The number of carbonyl (C=O) groups is 2. The van der Waals surface area contributed by atoms with Gasteiger partial charge in [0.1, 0.15) is 12.3 Å². The Kier molecular flexibility index (Phi) is 3.65. The Morgan fingerprint density at radius 2 is 1.82 bits per heavy atom. The van der Waals surface area contributed by atoms with Crippen molar-refractivity contribution in [1.29, 1.82) is 0 Å². The van der Waals surface area contributed by atoms with Gasteiger partial charge in [-0.15, -0.1) is 10.2 Å². The van der Waals surface area contributed by atoms with Crippen molar-refractivity contribution in [2.24, 2.45) is 0 Å². The van der Waals surface area contributed by atoms with E-state index in [-0.39, 0.29) is 18.3 Å². The van der Waals surface area contributed by atoms with Gasteiger partial charge in [0.2, 0.25) is 11.8 Å². The number of nitrogens with one attached hydrogen (secondary N) is 1. The Hall–Kier alpha value is -3.68. The second kappa shape index (κ2) is 6.19. The van der Waals surface area contributed by atoms with E-state index in [0.29, 0.717) is 30.2 Å². The predicted molar refractivity (Wildman–Crippen MR) is 97.0 cm³/mol. The summed E-state index contributed by atoms with van der Waals surface area (Å²) < 4.78 is 11.3. The van der Waals surface area contributed by atoms with E-state index in [0.717, 1.165) is 10.5 Å². The minimum absolute atomic E-state index is 0.0880. The third-order valence-electron chi connectivity index (χ3n) is 5.04. The van der Waals surface area contributed by atoms with Gasteiger partial charge >= 0.3 is 6.03 Å². The van der Waals surface area contributed by atoms with E-state index in [1.165, 1.54) is 0 Å². The molecular weight excluding hydrogens is 360 g/mol. The van der Waals surface area contributed by atoms with Crippen LogP contribution in [0.5, 0.6) is 5.75 Å². The summed E-state index contributed by atoms with van der Waals surface area (Å²) in [5.74, 6) is 0.801. The van der Waals surface area contributed by atoms with Crippen LogP contribution >= 0.6 is 0 Å². The van der Waals surface area contributed by atoms with Crippen LogP contribution in [0.25, 0.3) is 11.5 Å². The zero-order chi connectivity index (χ0) is 19.1. The van der Waals surface area contributed by atoms with E-state index in [2.05, 4.69) is 15.5 Å². The number of rotatable bonds is 3. The van der Waals surface area contributed by atoms with E-state index < -0.39 is 11.6 Å². The van der Waals surface area contributed by atoms with Gasteiger partial charge < -0.3 is 14.5 Å². The van der Waals surface area contributed by atoms with Gasteiger partial charge in [0.25, 0.3) is 5.91 Å². The maximum Gasteiger partial charge on any atom is 0.325 e. The van der Waals surface area contributed by atoms with E-state index >= 15 is 0 Å². The summed E-state index contributed by atoms with van der Waals surface area (Å²) in [5, 5.41) is 10.9. The highest BCUT2D eigenvalue weighted by atomic mass is 16.5. The number of imide groups is 1. The molecule has 0 saturated carbocycles. The molecule has 2 aliphatic rings. The topological polar surface area (TPSA) is 97.6 Å². The van der Waals surface area contributed by atoms with Crippen LogP contribution in [0.2, 0.25) is 0 Å². The molecule has 0 bridgehead atoms. The molecule has 2 aliphatic heterocycles. The monoisotopic (exact) mass is 376 g/mol. The summed E-state index contributed by atoms with van der Waals surface area (Å²) in [6, 6.07) is 16.1. The van der Waals surface area contributed by atoms with E-state index in [1.54, 1.807) is 12.1 Å². The Morgan fingerprint density at radius 3 is 2.68 bits per heavy atom. The normalized spacial score (nSPS) is 20.8. The van der Waals surface area contributed by atoms with Crippen molar-refractivity contribution < 1.29 is 18.7 Å². The molecule has 8 heteroatoms. The number of carbonyl (C=O) groups excluding carboxylic acids is 2. The molecule has 1 N–H and O–H groups in total. The highest BCUT2D eigenvalue weighted by molar-refractivity contribution is 6.07. The lowest BCUT2D eigenvalue weighted by atomic mass is 9.84. The lowest BCUT2D eigenvalue weighted by molar-refractivity contribution is -0.133. The zero-order valence-electron chi connectivity index (χ0n) is 14.8. The van der Waals surface area contributed by atoms with E-state index in [4.69, 9.17) is 9.15 Å². The average molecular weight is 376 g/mol. The molecule has 28 heavy (non-hydrogen) atoms. The first kappa shape index (κ1) is 16.5. The maximum absolute atomic E-state index is 13.2. The standard InChI is InChI=1S/C20H16N4O4/c25-18-20(10-11-27-15-9-5-4-8-14(15)20)21-19(26)24(18)12-16-22-23-17(28-16)13-6-2-1-3-7-13/h1-9H,10-12H2,(H,21,26)/t20-/m1/s1. The number of amides is 3. The maximum atomic E-state index is 13.2. The predicted octanol–water partition coefficient (Wildman–Crippen LogP) is 2.47. The number of urea groups is 1. The summed E-state index contributed by atoms with van der Waals surface area (Å²) in [6.45, 7) is 0.255. The van der Waals surface area contributed by atoms with Gasteiger partial charge in [-0.2, -0.15) is 0 Å². The third kappa shape index (κ3) is 2.45. The van der Waals surface area contributed by atoms with Crippen LogP contribution < -0.4 is 10.1 Å². The van der Waals surface area contributed by atoms with Crippen molar-refractivity contribution >= 4 is 11.9 Å². The van der Waals surface area contributed by atoms with E-state index in [1.807, 2.05) is 42.5 Å². The quantitative estimate of drug-likeness (QED) is 0.705. The second-order valence-corrected chi connectivity index (χ2v) is 6.69. The molecule has 2 aromatic carbocycles. The average Bonchev–Trinajstić information content (AvgIpc) is 3.29. The van der Waals surface area contributed by atoms with Gasteiger partial charge in [-0.25, -0.2) is 4.79 Å². The van der Waals surface area contributed by atoms with E-state index in [9.17, 15) is 9.59 Å². The second-order valence-electron chi connectivity index (χ2n) is 6.69. The number of benzene rings is 2. The SMILES string of the molecule is O=C1N[C@@]2(CCOc3ccccc32)C(=O)N1Cc1nnc(-c2ccccc2)o1. The Bertz CT molecular complexity index is 1060. The molecule has 140 valence electrons. The molecule has 1 spiro atoms. The van der Waals surface area contributed by atoms with Crippen LogP contribution in [-0.2, 0) is 16.9 Å². The van der Waals surface area contributed by atoms with Crippen molar-refractivity contribution in [3.63, 3.8) is 0 Å². The Morgan fingerprint density at radius 1 is 1.04 bits per heavy atom. The molecule has 1 aromatic heterocycles. The highest BCUT2D eigenvalue weighted by Gasteiger charge is 2.55. The molecule has 0 aliphatic carbocycles. The minimum Gasteiger partial charge on any atom is -0.493 e. The van der Waals surface area contributed by atoms with Crippen molar-refractivity contribution in [2.75, 3.05) is 6.61 Å². The number of hydrogen-bond donors (Lipinski definition) is 1. The molecule has 1 saturated heterocycles. The zero-order valence-corrected chi connectivity index (χ0v) is 14.8. The van der Waals surface area contributed by atoms with Crippen LogP contribution in [0.1, 0.15) is 17.9 Å². The Labute approximate surface area is 160 Å². The third-order valence-corrected chi connectivity index (χ3v) is 5.04. The summed E-state index contributed by atoms with van der Waals surface area (Å²) in [7, 11) is 0. The first-order chi connectivity index (χ1) is 13.7. The number of nitrogens with zero attached hydrogens (tertiary/aromatic N) is 3. The molecule has 0 radical (unpaired) electrons. The summed E-state index contributed by atoms with van der Waals surface area (Å²) in [6.07, 6.45) is 0.365. The van der Waals surface area contributed by atoms with Gasteiger partial charge in [0.05, 0.1) is 6.61 Å². The molecule has 8 nitrogen and oxygen atoms in total. The number of ether oxygens (including phenoxy) is 1. The van der Waals surface area contributed by atoms with Crippen LogP contribution in [0.3, 0.4) is 0 Å². The first-order valence-electron chi connectivity index (χ1n) is 8.92. The van der Waals surface area contributed by atoms with Crippen molar-refractivity contribution in [2.45, 2.75) is 18.5 Å². The van der Waals surface area contributed by atoms with Gasteiger partial charge in [-0.3, -0.25) is 9.69 Å². The number of hydrogen-bond acceptors (Lipinski definition) is 6. The summed E-state index contributed by atoms with van der Waals surface area (Å²) >= 11 is 0.